The lowest BCUT2D eigenvalue weighted by atomic mass is 9.82. The molecule has 26 heavy (non-hydrogen) atoms. The molecule has 0 aliphatic heterocycles. The van der Waals surface area contributed by atoms with Gasteiger partial charge in [0.05, 0.1) is 17.5 Å². The predicted octanol–water partition coefficient (Wildman–Crippen LogP) is 3.37. The van der Waals surface area contributed by atoms with Crippen LogP contribution in [0.25, 0.3) is 0 Å². The number of ketones is 1. The summed E-state index contributed by atoms with van der Waals surface area (Å²) < 4.78 is 18.2. The molecule has 0 bridgehead atoms. The fourth-order valence-electron chi connectivity index (χ4n) is 3.05. The number of benzene rings is 1. The molecule has 1 amide bonds. The van der Waals surface area contributed by atoms with Crippen molar-refractivity contribution in [3.8, 4) is 0 Å². The zero-order valence-corrected chi connectivity index (χ0v) is 13.6. The molecule has 0 radical (unpaired) electrons. The van der Waals surface area contributed by atoms with E-state index in [0.29, 0.717) is 24.1 Å². The summed E-state index contributed by atoms with van der Waals surface area (Å²) in [5, 5.41) is 2.56. The van der Waals surface area contributed by atoms with Crippen LogP contribution in [0.2, 0.25) is 0 Å². The lowest BCUT2D eigenvalue weighted by Gasteiger charge is -2.23. The Hall–Kier alpha value is -3.35. The zero-order chi connectivity index (χ0) is 18.1. The van der Waals surface area contributed by atoms with Gasteiger partial charge >= 0.3 is 0 Å². The van der Waals surface area contributed by atoms with Crippen molar-refractivity contribution in [2.75, 3.05) is 5.32 Å². The summed E-state index contributed by atoms with van der Waals surface area (Å²) in [5.74, 6) is -0.679. The molecule has 0 spiro atoms. The van der Waals surface area contributed by atoms with Crippen LogP contribution in [-0.2, 0) is 6.42 Å². The van der Waals surface area contributed by atoms with E-state index in [9.17, 15) is 14.0 Å². The Labute approximate surface area is 148 Å². The van der Waals surface area contributed by atoms with Gasteiger partial charge in [0.15, 0.2) is 11.5 Å². The number of carbonyl (C=O) groups is 2. The number of anilines is 1. The van der Waals surface area contributed by atoms with E-state index in [4.69, 9.17) is 4.42 Å². The maximum atomic E-state index is 13.1. The average molecular weight is 351 g/mol. The van der Waals surface area contributed by atoms with Gasteiger partial charge in [-0.05, 0) is 42.2 Å². The summed E-state index contributed by atoms with van der Waals surface area (Å²) in [5.41, 5.74) is 1.91. The summed E-state index contributed by atoms with van der Waals surface area (Å²) in [4.78, 5) is 32.8. The first-order valence-electron chi connectivity index (χ1n) is 8.09. The molecule has 1 atom stereocenters. The van der Waals surface area contributed by atoms with Crippen molar-refractivity contribution in [3.63, 3.8) is 0 Å². The van der Waals surface area contributed by atoms with Crippen LogP contribution >= 0.6 is 0 Å². The van der Waals surface area contributed by atoms with Crippen LogP contribution in [0.3, 0.4) is 0 Å². The molecule has 3 aromatic rings. The minimum absolute atomic E-state index is 0.0653. The van der Waals surface area contributed by atoms with Crippen LogP contribution < -0.4 is 5.32 Å². The van der Waals surface area contributed by atoms with Gasteiger partial charge in [-0.3, -0.25) is 14.9 Å². The van der Waals surface area contributed by atoms with Crippen molar-refractivity contribution >= 4 is 17.6 Å². The number of fused-ring (bicyclic) bond motifs is 1. The minimum Gasteiger partial charge on any atom is -0.459 e. The maximum Gasteiger partial charge on any atom is 0.293 e. The van der Waals surface area contributed by atoms with Crippen LogP contribution in [0.1, 0.15) is 44.5 Å². The van der Waals surface area contributed by atoms with E-state index in [-0.39, 0.29) is 29.2 Å². The number of hydrogen-bond acceptors (Lipinski definition) is 5. The molecule has 1 aromatic carbocycles. The second-order valence-corrected chi connectivity index (χ2v) is 6.07. The highest BCUT2D eigenvalue weighted by molar-refractivity contribution is 6.02. The molecule has 2 aromatic heterocycles. The third-order valence-electron chi connectivity index (χ3n) is 4.35. The molecule has 0 saturated heterocycles. The number of hydrogen-bond donors (Lipinski definition) is 1. The molecular formula is C19H14FN3O3. The Morgan fingerprint density at radius 3 is 2.73 bits per heavy atom. The largest absolute Gasteiger partial charge is 0.459 e. The lowest BCUT2D eigenvalue weighted by molar-refractivity contribution is 0.0962. The molecule has 0 fully saturated rings. The second kappa shape index (κ2) is 6.51. The third-order valence-corrected chi connectivity index (χ3v) is 4.35. The van der Waals surface area contributed by atoms with Crippen LogP contribution in [0.15, 0.2) is 53.3 Å². The van der Waals surface area contributed by atoms with E-state index in [1.165, 1.54) is 30.7 Å². The molecule has 0 unspecified atom stereocenters. The first-order valence-corrected chi connectivity index (χ1v) is 8.09. The molecule has 7 heteroatoms. The van der Waals surface area contributed by atoms with Gasteiger partial charge in [-0.1, -0.05) is 12.1 Å². The zero-order valence-electron chi connectivity index (χ0n) is 13.6. The van der Waals surface area contributed by atoms with Gasteiger partial charge in [0, 0.05) is 12.6 Å². The van der Waals surface area contributed by atoms with Crippen molar-refractivity contribution < 1.29 is 18.4 Å². The van der Waals surface area contributed by atoms with E-state index in [0.717, 1.165) is 5.56 Å². The Balaban J connectivity index is 1.58. The summed E-state index contributed by atoms with van der Waals surface area (Å²) in [6.45, 7) is 0. The highest BCUT2D eigenvalue weighted by Crippen LogP contribution is 2.32. The molecule has 6 nitrogen and oxygen atoms in total. The molecule has 0 saturated carbocycles. The molecule has 1 N–H and O–H groups in total. The Bertz CT molecular complexity index is 968. The molecule has 1 aliphatic rings. The van der Waals surface area contributed by atoms with Crippen LogP contribution in [0.4, 0.5) is 10.3 Å². The SMILES string of the molecule is O=C(Nc1ncc2c(n1)C[C@@H](c1ccc(F)cc1)CC2=O)c1ccco1. The maximum absolute atomic E-state index is 13.1. The summed E-state index contributed by atoms with van der Waals surface area (Å²) in [6.07, 6.45) is 3.66. The summed E-state index contributed by atoms with van der Waals surface area (Å²) in [7, 11) is 0. The lowest BCUT2D eigenvalue weighted by Crippen LogP contribution is -2.22. The van der Waals surface area contributed by atoms with Gasteiger partial charge in [-0.2, -0.15) is 0 Å². The standard InChI is InChI=1S/C19H14FN3O3/c20-13-5-3-11(4-6-13)12-8-15-14(16(24)9-12)10-21-19(22-15)23-18(25)17-2-1-7-26-17/h1-7,10,12H,8-9H2,(H,21,22,23,25)/t12-/m1/s1. The highest BCUT2D eigenvalue weighted by Gasteiger charge is 2.28. The number of amides is 1. The van der Waals surface area contributed by atoms with Crippen molar-refractivity contribution in [1.29, 1.82) is 0 Å². The van der Waals surface area contributed by atoms with E-state index < -0.39 is 5.91 Å². The first-order chi connectivity index (χ1) is 12.6. The number of nitrogens with zero attached hydrogens (tertiary/aromatic N) is 2. The normalized spacial score (nSPS) is 16.2. The average Bonchev–Trinajstić information content (AvgIpc) is 3.17. The van der Waals surface area contributed by atoms with Gasteiger partial charge < -0.3 is 4.42 Å². The number of rotatable bonds is 3. The fraction of sp³-hybridized carbons (Fsp3) is 0.158. The second-order valence-electron chi connectivity index (χ2n) is 6.07. The fourth-order valence-corrected chi connectivity index (χ4v) is 3.05. The first kappa shape index (κ1) is 16.1. The topological polar surface area (TPSA) is 85.1 Å². The van der Waals surface area contributed by atoms with Gasteiger partial charge in [0.25, 0.3) is 5.91 Å². The number of nitrogens with one attached hydrogen (secondary N) is 1. The minimum atomic E-state index is -0.466. The highest BCUT2D eigenvalue weighted by atomic mass is 19.1. The van der Waals surface area contributed by atoms with Crippen molar-refractivity contribution in [1.82, 2.24) is 9.97 Å². The number of halogens is 1. The van der Waals surface area contributed by atoms with Gasteiger partial charge in [-0.25, -0.2) is 14.4 Å². The van der Waals surface area contributed by atoms with Gasteiger partial charge in [-0.15, -0.1) is 0 Å². The van der Waals surface area contributed by atoms with E-state index >= 15 is 0 Å². The van der Waals surface area contributed by atoms with E-state index in [1.54, 1.807) is 18.2 Å². The van der Waals surface area contributed by atoms with Crippen molar-refractivity contribution in [2.24, 2.45) is 0 Å². The quantitative estimate of drug-likeness (QED) is 0.782. The van der Waals surface area contributed by atoms with Crippen LogP contribution in [0.5, 0.6) is 0 Å². The number of carbonyl (C=O) groups excluding carboxylic acids is 2. The monoisotopic (exact) mass is 351 g/mol. The van der Waals surface area contributed by atoms with Gasteiger partial charge in [0.2, 0.25) is 5.95 Å². The van der Waals surface area contributed by atoms with Crippen LogP contribution in [0, 0.1) is 5.82 Å². The summed E-state index contributed by atoms with van der Waals surface area (Å²) >= 11 is 0. The predicted molar refractivity (Wildman–Crippen MR) is 90.5 cm³/mol. The number of Topliss-reactive ketones (excluding diaryl/α,β-unsaturated/α-hetero) is 1. The van der Waals surface area contributed by atoms with Crippen molar-refractivity contribution in [3.05, 3.63) is 77.3 Å². The number of furan rings is 1. The molecule has 4 rings (SSSR count). The Kier molecular flexibility index (Phi) is 4.04. The summed E-state index contributed by atoms with van der Waals surface area (Å²) in [6, 6.07) is 9.25. The number of aromatic nitrogens is 2. The van der Waals surface area contributed by atoms with Gasteiger partial charge in [0.1, 0.15) is 5.82 Å². The molecule has 130 valence electrons. The molecule has 1 aliphatic carbocycles. The Morgan fingerprint density at radius 2 is 2.00 bits per heavy atom. The Morgan fingerprint density at radius 1 is 1.19 bits per heavy atom. The van der Waals surface area contributed by atoms with Crippen LogP contribution in [-0.4, -0.2) is 21.7 Å². The smallest absolute Gasteiger partial charge is 0.293 e. The third kappa shape index (κ3) is 3.11. The van der Waals surface area contributed by atoms with Crippen molar-refractivity contribution in [2.45, 2.75) is 18.8 Å². The molecular weight excluding hydrogens is 337 g/mol. The molecule has 2 heterocycles. The van der Waals surface area contributed by atoms with E-state index in [1.807, 2.05) is 0 Å². The van der Waals surface area contributed by atoms with E-state index in [2.05, 4.69) is 15.3 Å².